The molecule has 2 aliphatic carbocycles. The Labute approximate surface area is 127 Å². The van der Waals surface area contributed by atoms with E-state index in [9.17, 15) is 0 Å². The lowest BCUT2D eigenvalue weighted by Gasteiger charge is -2.23. The van der Waals surface area contributed by atoms with E-state index in [4.69, 9.17) is 5.73 Å². The van der Waals surface area contributed by atoms with Crippen molar-refractivity contribution in [3.63, 3.8) is 0 Å². The van der Waals surface area contributed by atoms with Gasteiger partial charge in [0.15, 0.2) is 0 Å². The van der Waals surface area contributed by atoms with Gasteiger partial charge in [-0.2, -0.15) is 0 Å². The molecule has 0 amide bonds. The first-order chi connectivity index (χ1) is 10.2. The fourth-order valence-electron chi connectivity index (χ4n) is 4.89. The zero-order chi connectivity index (χ0) is 14.6. The van der Waals surface area contributed by atoms with Gasteiger partial charge in [0.1, 0.15) is 0 Å². The number of aromatic nitrogens is 1. The standard InChI is InChI=1S/C19H26N2/c1-12-13(2)21(11-17-8-14-3-5-16(17)7-14)19-6-4-15(10-20)9-18(12)19/h4,6,9,14,16-17H,3,5,7-8,10-11,20H2,1-2H3. The van der Waals surface area contributed by atoms with Crippen LogP contribution in [0.1, 0.15) is 42.5 Å². The van der Waals surface area contributed by atoms with Gasteiger partial charge in [0.25, 0.3) is 0 Å². The molecule has 0 aliphatic heterocycles. The van der Waals surface area contributed by atoms with Gasteiger partial charge >= 0.3 is 0 Å². The normalized spacial score (nSPS) is 27.9. The van der Waals surface area contributed by atoms with Gasteiger partial charge in [0.05, 0.1) is 0 Å². The van der Waals surface area contributed by atoms with Crippen LogP contribution in [0.4, 0.5) is 0 Å². The lowest BCUT2D eigenvalue weighted by atomic mass is 9.89. The number of fused-ring (bicyclic) bond motifs is 3. The van der Waals surface area contributed by atoms with Crippen molar-refractivity contribution in [2.24, 2.45) is 23.5 Å². The molecular weight excluding hydrogens is 256 g/mol. The third kappa shape index (κ3) is 2.03. The summed E-state index contributed by atoms with van der Waals surface area (Å²) in [6.45, 7) is 6.39. The van der Waals surface area contributed by atoms with Gasteiger partial charge in [-0.15, -0.1) is 0 Å². The number of hydrogen-bond acceptors (Lipinski definition) is 1. The van der Waals surface area contributed by atoms with Crippen LogP contribution in [-0.2, 0) is 13.1 Å². The molecule has 2 N–H and O–H groups in total. The van der Waals surface area contributed by atoms with Crippen molar-refractivity contribution in [1.29, 1.82) is 0 Å². The summed E-state index contributed by atoms with van der Waals surface area (Å²) in [6, 6.07) is 6.76. The van der Waals surface area contributed by atoms with E-state index in [0.29, 0.717) is 6.54 Å². The van der Waals surface area contributed by atoms with Crippen molar-refractivity contribution in [1.82, 2.24) is 4.57 Å². The molecule has 3 atom stereocenters. The minimum absolute atomic E-state index is 0.631. The highest BCUT2D eigenvalue weighted by molar-refractivity contribution is 5.86. The third-order valence-corrected chi connectivity index (χ3v) is 6.24. The number of rotatable bonds is 3. The van der Waals surface area contributed by atoms with Crippen LogP contribution < -0.4 is 5.73 Å². The zero-order valence-corrected chi connectivity index (χ0v) is 13.2. The Hall–Kier alpha value is -1.28. The molecule has 0 saturated heterocycles. The second-order valence-corrected chi connectivity index (χ2v) is 7.31. The van der Waals surface area contributed by atoms with Crippen LogP contribution in [-0.4, -0.2) is 4.57 Å². The molecule has 2 aliphatic rings. The van der Waals surface area contributed by atoms with Gasteiger partial charge in [0, 0.05) is 29.7 Å². The van der Waals surface area contributed by atoms with Gasteiger partial charge in [-0.3, -0.25) is 0 Å². The van der Waals surface area contributed by atoms with E-state index >= 15 is 0 Å². The van der Waals surface area contributed by atoms with Crippen LogP contribution in [0.2, 0.25) is 0 Å². The smallest absolute Gasteiger partial charge is 0.0485 e. The summed E-state index contributed by atoms with van der Waals surface area (Å²) in [4.78, 5) is 0. The van der Waals surface area contributed by atoms with E-state index in [0.717, 1.165) is 17.8 Å². The zero-order valence-electron chi connectivity index (χ0n) is 13.2. The maximum Gasteiger partial charge on any atom is 0.0485 e. The Bertz CT molecular complexity index is 682. The lowest BCUT2D eigenvalue weighted by Crippen LogP contribution is -2.18. The van der Waals surface area contributed by atoms with Gasteiger partial charge in [0.2, 0.25) is 0 Å². The summed E-state index contributed by atoms with van der Waals surface area (Å²) in [7, 11) is 0. The number of nitrogens with two attached hydrogens (primary N) is 1. The predicted octanol–water partition coefficient (Wildman–Crippen LogP) is 4.15. The molecule has 0 radical (unpaired) electrons. The molecule has 112 valence electrons. The number of aryl methyl sites for hydroxylation is 1. The van der Waals surface area contributed by atoms with E-state index in [-0.39, 0.29) is 0 Å². The van der Waals surface area contributed by atoms with Gasteiger partial charge in [-0.1, -0.05) is 12.5 Å². The summed E-state index contributed by atoms with van der Waals surface area (Å²) in [5.41, 5.74) is 11.3. The maximum absolute atomic E-state index is 5.80. The van der Waals surface area contributed by atoms with Crippen LogP contribution in [0.25, 0.3) is 10.9 Å². The summed E-state index contributed by atoms with van der Waals surface area (Å²) in [6.07, 6.45) is 5.93. The average molecular weight is 282 g/mol. The topological polar surface area (TPSA) is 30.9 Å². The van der Waals surface area contributed by atoms with E-state index in [1.54, 1.807) is 0 Å². The van der Waals surface area contributed by atoms with Crippen molar-refractivity contribution in [2.45, 2.75) is 52.6 Å². The first kappa shape index (κ1) is 13.4. The maximum atomic E-state index is 5.80. The Kier molecular flexibility index (Phi) is 3.11. The first-order valence-corrected chi connectivity index (χ1v) is 8.45. The quantitative estimate of drug-likeness (QED) is 0.900. The second-order valence-electron chi connectivity index (χ2n) is 7.31. The number of hydrogen-bond donors (Lipinski definition) is 1. The Morgan fingerprint density at radius 3 is 2.71 bits per heavy atom. The summed E-state index contributed by atoms with van der Waals surface area (Å²) in [5.74, 6) is 2.94. The summed E-state index contributed by atoms with van der Waals surface area (Å²) >= 11 is 0. The highest BCUT2D eigenvalue weighted by Crippen LogP contribution is 2.49. The second kappa shape index (κ2) is 4.88. The van der Waals surface area contributed by atoms with E-state index in [1.165, 1.54) is 60.0 Å². The molecular formula is C19H26N2. The molecule has 4 rings (SSSR count). The monoisotopic (exact) mass is 282 g/mol. The largest absolute Gasteiger partial charge is 0.344 e. The molecule has 1 aromatic heterocycles. The Morgan fingerprint density at radius 1 is 1.19 bits per heavy atom. The minimum atomic E-state index is 0.631. The molecule has 1 aromatic carbocycles. The van der Waals surface area contributed by atoms with E-state index < -0.39 is 0 Å². The molecule has 2 nitrogen and oxygen atoms in total. The van der Waals surface area contributed by atoms with Crippen molar-refractivity contribution in [3.05, 3.63) is 35.0 Å². The highest BCUT2D eigenvalue weighted by Gasteiger charge is 2.39. The fraction of sp³-hybridized carbons (Fsp3) is 0.579. The third-order valence-electron chi connectivity index (χ3n) is 6.24. The van der Waals surface area contributed by atoms with Crippen molar-refractivity contribution in [2.75, 3.05) is 0 Å². The first-order valence-electron chi connectivity index (χ1n) is 8.45. The van der Waals surface area contributed by atoms with Crippen LogP contribution in [0.15, 0.2) is 18.2 Å². The number of nitrogens with zero attached hydrogens (tertiary/aromatic N) is 1. The molecule has 1 heterocycles. The van der Waals surface area contributed by atoms with Crippen molar-refractivity contribution in [3.8, 4) is 0 Å². The summed E-state index contributed by atoms with van der Waals surface area (Å²) < 4.78 is 2.58. The highest BCUT2D eigenvalue weighted by atomic mass is 15.0. The fourth-order valence-corrected chi connectivity index (χ4v) is 4.89. The van der Waals surface area contributed by atoms with Crippen LogP contribution >= 0.6 is 0 Å². The SMILES string of the molecule is Cc1c(C)n(CC2CC3CCC2C3)c2ccc(CN)cc12. The lowest BCUT2D eigenvalue weighted by molar-refractivity contribution is 0.297. The van der Waals surface area contributed by atoms with E-state index in [1.807, 2.05) is 0 Å². The van der Waals surface area contributed by atoms with Gasteiger partial charge < -0.3 is 10.3 Å². The van der Waals surface area contributed by atoms with Crippen LogP contribution in [0, 0.1) is 31.6 Å². The molecule has 21 heavy (non-hydrogen) atoms. The van der Waals surface area contributed by atoms with Gasteiger partial charge in [-0.25, -0.2) is 0 Å². The molecule has 2 aromatic rings. The molecule has 2 fully saturated rings. The Morgan fingerprint density at radius 2 is 2.05 bits per heavy atom. The van der Waals surface area contributed by atoms with Crippen LogP contribution in [0.5, 0.6) is 0 Å². The molecule has 2 saturated carbocycles. The van der Waals surface area contributed by atoms with Gasteiger partial charge in [-0.05, 0) is 74.1 Å². The molecule has 0 spiro atoms. The predicted molar refractivity (Wildman–Crippen MR) is 88.2 cm³/mol. The molecule has 2 bridgehead atoms. The van der Waals surface area contributed by atoms with Crippen molar-refractivity contribution < 1.29 is 0 Å². The minimum Gasteiger partial charge on any atom is -0.344 e. The van der Waals surface area contributed by atoms with Crippen LogP contribution in [0.3, 0.4) is 0 Å². The molecule has 3 unspecified atom stereocenters. The Balaban J connectivity index is 1.73. The van der Waals surface area contributed by atoms with E-state index in [2.05, 4.69) is 36.6 Å². The summed E-state index contributed by atoms with van der Waals surface area (Å²) in [5, 5.41) is 1.40. The average Bonchev–Trinajstić information content (AvgIpc) is 3.18. The molecule has 2 heteroatoms. The number of benzene rings is 1. The van der Waals surface area contributed by atoms with Crippen molar-refractivity contribution >= 4 is 10.9 Å².